The minimum Gasteiger partial charge on any atom is -0.459 e. The van der Waals surface area contributed by atoms with E-state index in [1.165, 1.54) is 25.1 Å². The van der Waals surface area contributed by atoms with E-state index in [9.17, 15) is 4.79 Å². The fourth-order valence-electron chi connectivity index (χ4n) is 5.43. The Morgan fingerprint density at radius 1 is 1.19 bits per heavy atom. The largest absolute Gasteiger partial charge is 0.459 e. The maximum atomic E-state index is 13.0. The minimum atomic E-state index is -0.102. The van der Waals surface area contributed by atoms with E-state index in [-0.39, 0.29) is 12.1 Å². The Balaban J connectivity index is 1.56. The van der Waals surface area contributed by atoms with Crippen molar-refractivity contribution in [3.05, 3.63) is 41.3 Å². The zero-order chi connectivity index (χ0) is 22.0. The zero-order valence-corrected chi connectivity index (χ0v) is 19.9. The van der Waals surface area contributed by atoms with Crippen molar-refractivity contribution in [1.82, 2.24) is 4.57 Å². The molecule has 0 N–H and O–H groups in total. The predicted molar refractivity (Wildman–Crippen MR) is 124 cm³/mol. The molecular formula is C26H36ClN2O2+. The number of rotatable bonds is 5. The van der Waals surface area contributed by atoms with Crippen LogP contribution in [0.25, 0.3) is 11.3 Å². The molecule has 31 heavy (non-hydrogen) atoms. The fraction of sp³-hybridized carbons (Fsp3) is 0.615. The van der Waals surface area contributed by atoms with Gasteiger partial charge < -0.3 is 4.74 Å². The molecule has 5 heteroatoms. The second kappa shape index (κ2) is 9.77. The summed E-state index contributed by atoms with van der Waals surface area (Å²) >= 11 is 6.11. The van der Waals surface area contributed by atoms with Crippen LogP contribution in [0.3, 0.4) is 0 Å². The number of aromatic nitrogens is 2. The molecule has 1 aliphatic heterocycles. The normalized spacial score (nSPS) is 24.0. The third kappa shape index (κ3) is 5.16. The van der Waals surface area contributed by atoms with Crippen molar-refractivity contribution in [3.63, 3.8) is 0 Å². The number of benzene rings is 1. The lowest BCUT2D eigenvalue weighted by Crippen LogP contribution is -2.44. The van der Waals surface area contributed by atoms with E-state index in [0.717, 1.165) is 48.5 Å². The molecule has 0 unspecified atom stereocenters. The standard InChI is InChI=1S/C26H36ClN2O2/c1-18(2)22-13-8-19(3)15-24(22)31-26(30)17-28-16-23(20-9-11-21(27)12-10-20)29-14-6-4-5-7-25(28)29/h9-12,16,18-19,22,24H,4-8,13-15,17H2,1-3H3/q+1/t19-,22+,24-/m1/s1. The van der Waals surface area contributed by atoms with Crippen LogP contribution in [0, 0.1) is 17.8 Å². The smallest absolute Gasteiger partial charge is 0.348 e. The number of esters is 1. The summed E-state index contributed by atoms with van der Waals surface area (Å²) in [6.45, 7) is 8.06. The summed E-state index contributed by atoms with van der Waals surface area (Å²) in [6, 6.07) is 8.00. The van der Waals surface area contributed by atoms with Crippen LogP contribution in [0.15, 0.2) is 30.5 Å². The van der Waals surface area contributed by atoms with Gasteiger partial charge in [0, 0.05) is 17.0 Å². The van der Waals surface area contributed by atoms with Crippen LogP contribution < -0.4 is 4.57 Å². The van der Waals surface area contributed by atoms with Crippen LogP contribution in [-0.4, -0.2) is 16.6 Å². The number of ether oxygens (including phenoxy) is 1. The lowest BCUT2D eigenvalue weighted by Gasteiger charge is -2.36. The van der Waals surface area contributed by atoms with Gasteiger partial charge in [-0.15, -0.1) is 0 Å². The molecule has 0 saturated heterocycles. The van der Waals surface area contributed by atoms with Crippen LogP contribution in [0.4, 0.5) is 0 Å². The first-order valence-corrected chi connectivity index (χ1v) is 12.4. The van der Waals surface area contributed by atoms with Gasteiger partial charge in [0.15, 0.2) is 12.2 Å². The molecule has 2 aliphatic rings. The highest BCUT2D eigenvalue weighted by Gasteiger charge is 2.34. The molecule has 1 saturated carbocycles. The van der Waals surface area contributed by atoms with Crippen molar-refractivity contribution in [1.29, 1.82) is 0 Å². The van der Waals surface area contributed by atoms with E-state index in [0.29, 0.717) is 24.3 Å². The van der Waals surface area contributed by atoms with Gasteiger partial charge in [0.25, 0.3) is 5.82 Å². The van der Waals surface area contributed by atoms with Gasteiger partial charge in [0.2, 0.25) is 0 Å². The maximum absolute atomic E-state index is 13.0. The summed E-state index contributed by atoms with van der Waals surface area (Å²) in [5.41, 5.74) is 2.30. The molecule has 4 nitrogen and oxygen atoms in total. The summed E-state index contributed by atoms with van der Waals surface area (Å²) in [7, 11) is 0. The number of nitrogens with zero attached hydrogens (tertiary/aromatic N) is 2. The fourth-order valence-corrected chi connectivity index (χ4v) is 5.55. The van der Waals surface area contributed by atoms with E-state index in [1.54, 1.807) is 0 Å². The average molecular weight is 444 g/mol. The zero-order valence-electron chi connectivity index (χ0n) is 19.1. The molecule has 3 atom stereocenters. The molecule has 1 aromatic carbocycles. The lowest BCUT2D eigenvalue weighted by molar-refractivity contribution is -0.692. The Morgan fingerprint density at radius 3 is 2.71 bits per heavy atom. The van der Waals surface area contributed by atoms with Crippen molar-refractivity contribution in [2.24, 2.45) is 17.8 Å². The first kappa shape index (κ1) is 22.4. The lowest BCUT2D eigenvalue weighted by atomic mass is 9.75. The van der Waals surface area contributed by atoms with Crippen molar-refractivity contribution >= 4 is 17.6 Å². The molecule has 2 heterocycles. The minimum absolute atomic E-state index is 0.0498. The number of fused-ring (bicyclic) bond motifs is 1. The number of hydrogen-bond donors (Lipinski definition) is 0. The average Bonchev–Trinajstić information content (AvgIpc) is 2.89. The molecule has 1 fully saturated rings. The van der Waals surface area contributed by atoms with Gasteiger partial charge >= 0.3 is 5.97 Å². The van der Waals surface area contributed by atoms with Crippen LogP contribution in [0.2, 0.25) is 5.02 Å². The summed E-state index contributed by atoms with van der Waals surface area (Å²) < 4.78 is 10.6. The van der Waals surface area contributed by atoms with E-state index >= 15 is 0 Å². The van der Waals surface area contributed by atoms with Crippen LogP contribution in [0.1, 0.15) is 65.1 Å². The van der Waals surface area contributed by atoms with Gasteiger partial charge in [0.05, 0.1) is 6.54 Å². The van der Waals surface area contributed by atoms with E-state index in [4.69, 9.17) is 16.3 Å². The summed E-state index contributed by atoms with van der Waals surface area (Å²) in [5.74, 6) is 2.77. The number of hydrogen-bond acceptors (Lipinski definition) is 2. The number of halogens is 1. The number of carbonyl (C=O) groups is 1. The maximum Gasteiger partial charge on any atom is 0.348 e. The summed E-state index contributed by atoms with van der Waals surface area (Å²) in [4.78, 5) is 13.0. The molecule has 0 amide bonds. The number of carbonyl (C=O) groups excluding carboxylic acids is 1. The molecule has 2 aromatic rings. The molecule has 168 valence electrons. The molecular weight excluding hydrogens is 408 g/mol. The SMILES string of the molecule is CC(C)[C@@H]1CC[C@@H](C)C[C@H]1OC(=O)C[n+]1cc(-c2ccc(Cl)cc2)n2c1CCCCC2. The molecule has 0 radical (unpaired) electrons. The van der Waals surface area contributed by atoms with E-state index in [1.807, 2.05) is 12.1 Å². The molecule has 1 aromatic heterocycles. The Labute approximate surface area is 191 Å². The van der Waals surface area contributed by atoms with Gasteiger partial charge in [0.1, 0.15) is 12.3 Å². The van der Waals surface area contributed by atoms with Gasteiger partial charge in [-0.2, -0.15) is 0 Å². The van der Waals surface area contributed by atoms with E-state index < -0.39 is 0 Å². The third-order valence-electron chi connectivity index (χ3n) is 7.18. The highest BCUT2D eigenvalue weighted by Crippen LogP contribution is 2.35. The Morgan fingerprint density at radius 2 is 1.97 bits per heavy atom. The van der Waals surface area contributed by atoms with Crippen LogP contribution in [-0.2, 0) is 29.0 Å². The first-order valence-electron chi connectivity index (χ1n) is 12.0. The first-order chi connectivity index (χ1) is 14.9. The molecule has 4 rings (SSSR count). The summed E-state index contributed by atoms with van der Waals surface area (Å²) in [6.07, 6.45) is 10.1. The quantitative estimate of drug-likeness (QED) is 0.430. The van der Waals surface area contributed by atoms with Crippen molar-refractivity contribution < 1.29 is 14.1 Å². The van der Waals surface area contributed by atoms with Crippen molar-refractivity contribution in [3.8, 4) is 11.3 Å². The van der Waals surface area contributed by atoms with Gasteiger partial charge in [-0.3, -0.25) is 0 Å². The van der Waals surface area contributed by atoms with Crippen molar-refractivity contribution in [2.75, 3.05) is 0 Å². The van der Waals surface area contributed by atoms with Gasteiger partial charge in [-0.1, -0.05) is 38.8 Å². The molecule has 0 spiro atoms. The number of imidazole rings is 1. The Kier molecular flexibility index (Phi) is 7.05. The van der Waals surface area contributed by atoms with Crippen molar-refractivity contribution in [2.45, 2.75) is 84.9 Å². The second-order valence-corrected chi connectivity index (χ2v) is 10.3. The molecule has 0 bridgehead atoms. The highest BCUT2D eigenvalue weighted by atomic mass is 35.5. The van der Waals surface area contributed by atoms with Gasteiger partial charge in [-0.25, -0.2) is 13.9 Å². The van der Waals surface area contributed by atoms with Crippen LogP contribution >= 0.6 is 11.6 Å². The Hall–Kier alpha value is -1.81. The second-order valence-electron chi connectivity index (χ2n) is 9.88. The van der Waals surface area contributed by atoms with E-state index in [2.05, 4.69) is 48.2 Å². The monoisotopic (exact) mass is 443 g/mol. The predicted octanol–water partition coefficient (Wildman–Crippen LogP) is 5.83. The highest BCUT2D eigenvalue weighted by molar-refractivity contribution is 6.30. The Bertz CT molecular complexity index is 903. The van der Waals surface area contributed by atoms with Crippen LogP contribution in [0.5, 0.6) is 0 Å². The van der Waals surface area contributed by atoms with Gasteiger partial charge in [-0.05, 0) is 74.1 Å². The molecule has 1 aliphatic carbocycles. The third-order valence-corrected chi connectivity index (χ3v) is 7.43. The summed E-state index contributed by atoms with van der Waals surface area (Å²) in [5, 5.41) is 0.740. The topological polar surface area (TPSA) is 35.1 Å².